The number of thiazole rings is 1. The van der Waals surface area contributed by atoms with E-state index in [2.05, 4.69) is 50.4 Å². The SMILES string of the molecule is Cc1csc(=O)n1CCC(=O)NC(C)c1ccc(C(C)(C)C)cc1. The Kier molecular flexibility index (Phi) is 5.65. The maximum atomic E-state index is 12.1. The molecule has 2 rings (SSSR count). The third-order valence-electron chi connectivity index (χ3n) is 4.19. The van der Waals surface area contributed by atoms with Crippen LogP contribution in [0.25, 0.3) is 0 Å². The number of aryl methyl sites for hydroxylation is 1. The fourth-order valence-electron chi connectivity index (χ4n) is 2.56. The Labute approximate surface area is 147 Å². The minimum absolute atomic E-state index is 0.00822. The first-order chi connectivity index (χ1) is 11.2. The zero-order valence-electron chi connectivity index (χ0n) is 15.1. The molecule has 1 amide bonds. The molecule has 0 aliphatic carbocycles. The van der Waals surface area contributed by atoms with E-state index in [-0.39, 0.29) is 22.2 Å². The molecule has 130 valence electrons. The van der Waals surface area contributed by atoms with E-state index in [4.69, 9.17) is 0 Å². The number of aromatic nitrogens is 1. The molecule has 1 N–H and O–H groups in total. The number of amides is 1. The van der Waals surface area contributed by atoms with Crippen molar-refractivity contribution in [2.24, 2.45) is 0 Å². The lowest BCUT2D eigenvalue weighted by Gasteiger charge is -2.20. The number of carbonyl (C=O) groups is 1. The molecule has 24 heavy (non-hydrogen) atoms. The van der Waals surface area contributed by atoms with Gasteiger partial charge in [-0.2, -0.15) is 0 Å². The first kappa shape index (κ1) is 18.5. The van der Waals surface area contributed by atoms with Crippen LogP contribution in [-0.2, 0) is 16.8 Å². The molecule has 0 bridgehead atoms. The summed E-state index contributed by atoms with van der Waals surface area (Å²) in [5.41, 5.74) is 3.39. The van der Waals surface area contributed by atoms with Crippen molar-refractivity contribution in [3.63, 3.8) is 0 Å². The van der Waals surface area contributed by atoms with E-state index >= 15 is 0 Å². The van der Waals surface area contributed by atoms with Gasteiger partial charge in [-0.15, -0.1) is 0 Å². The summed E-state index contributed by atoms with van der Waals surface area (Å²) >= 11 is 1.17. The van der Waals surface area contributed by atoms with Gasteiger partial charge in [-0.25, -0.2) is 0 Å². The second-order valence-electron chi connectivity index (χ2n) is 7.21. The zero-order valence-corrected chi connectivity index (χ0v) is 15.9. The van der Waals surface area contributed by atoms with E-state index in [0.29, 0.717) is 13.0 Å². The summed E-state index contributed by atoms with van der Waals surface area (Å²) in [6, 6.07) is 8.32. The number of hydrogen-bond donors (Lipinski definition) is 1. The van der Waals surface area contributed by atoms with Crippen LogP contribution in [0.5, 0.6) is 0 Å². The molecule has 0 saturated heterocycles. The molecule has 0 aliphatic heterocycles. The largest absolute Gasteiger partial charge is 0.350 e. The highest BCUT2D eigenvalue weighted by Crippen LogP contribution is 2.23. The van der Waals surface area contributed by atoms with E-state index in [9.17, 15) is 9.59 Å². The van der Waals surface area contributed by atoms with Crippen molar-refractivity contribution in [2.75, 3.05) is 0 Å². The average Bonchev–Trinajstić information content (AvgIpc) is 2.83. The average molecular weight is 346 g/mol. The van der Waals surface area contributed by atoms with Crippen molar-refractivity contribution in [2.45, 2.75) is 59.0 Å². The minimum Gasteiger partial charge on any atom is -0.350 e. The molecular formula is C19H26N2O2S. The Bertz CT molecular complexity index is 751. The van der Waals surface area contributed by atoms with Gasteiger partial charge in [0, 0.05) is 24.0 Å². The van der Waals surface area contributed by atoms with Crippen LogP contribution in [0, 0.1) is 6.92 Å². The number of rotatable bonds is 5. The zero-order chi connectivity index (χ0) is 17.9. The highest BCUT2D eigenvalue weighted by molar-refractivity contribution is 7.07. The van der Waals surface area contributed by atoms with Gasteiger partial charge in [0.2, 0.25) is 5.91 Å². The monoisotopic (exact) mass is 346 g/mol. The number of hydrogen-bond acceptors (Lipinski definition) is 3. The van der Waals surface area contributed by atoms with Crippen LogP contribution in [-0.4, -0.2) is 10.5 Å². The summed E-state index contributed by atoms with van der Waals surface area (Å²) in [5.74, 6) is -0.0418. The minimum atomic E-state index is -0.0492. The molecule has 0 radical (unpaired) electrons. The van der Waals surface area contributed by atoms with E-state index in [0.717, 1.165) is 11.3 Å². The second-order valence-corrected chi connectivity index (χ2v) is 8.03. The van der Waals surface area contributed by atoms with Gasteiger partial charge < -0.3 is 9.88 Å². The molecule has 0 saturated carbocycles. The predicted octanol–water partition coefficient (Wildman–Crippen LogP) is 3.78. The Morgan fingerprint density at radius 1 is 1.25 bits per heavy atom. The third-order valence-corrected chi connectivity index (χ3v) is 5.07. The summed E-state index contributed by atoms with van der Waals surface area (Å²) in [6.45, 7) is 10.8. The van der Waals surface area contributed by atoms with Crippen LogP contribution in [0.15, 0.2) is 34.4 Å². The van der Waals surface area contributed by atoms with E-state index in [1.807, 2.05) is 19.2 Å². The van der Waals surface area contributed by atoms with Crippen molar-refractivity contribution in [1.82, 2.24) is 9.88 Å². The lowest BCUT2D eigenvalue weighted by atomic mass is 9.86. The summed E-state index contributed by atoms with van der Waals surface area (Å²) in [7, 11) is 0. The highest BCUT2D eigenvalue weighted by atomic mass is 32.1. The van der Waals surface area contributed by atoms with Gasteiger partial charge in [0.05, 0.1) is 6.04 Å². The summed E-state index contributed by atoms with van der Waals surface area (Å²) in [5, 5.41) is 4.82. The summed E-state index contributed by atoms with van der Waals surface area (Å²) in [4.78, 5) is 23.8. The molecule has 1 atom stereocenters. The third kappa shape index (κ3) is 4.57. The standard InChI is InChI=1S/C19H26N2O2S/c1-13-12-24-18(23)21(13)11-10-17(22)20-14(2)15-6-8-16(9-7-15)19(3,4)5/h6-9,12,14H,10-11H2,1-5H3,(H,20,22). The number of benzene rings is 1. The van der Waals surface area contributed by atoms with Crippen molar-refractivity contribution >= 4 is 17.2 Å². The molecule has 4 nitrogen and oxygen atoms in total. The van der Waals surface area contributed by atoms with Gasteiger partial charge in [0.1, 0.15) is 0 Å². The highest BCUT2D eigenvalue weighted by Gasteiger charge is 2.15. The molecular weight excluding hydrogens is 320 g/mol. The molecule has 0 spiro atoms. The van der Waals surface area contributed by atoms with Crippen LogP contribution in [0.4, 0.5) is 0 Å². The van der Waals surface area contributed by atoms with E-state index < -0.39 is 0 Å². The molecule has 0 fully saturated rings. The second kappa shape index (κ2) is 7.34. The van der Waals surface area contributed by atoms with Gasteiger partial charge >= 0.3 is 4.87 Å². The molecule has 1 heterocycles. The van der Waals surface area contributed by atoms with Gasteiger partial charge in [-0.3, -0.25) is 9.59 Å². The van der Waals surface area contributed by atoms with Gasteiger partial charge in [-0.05, 0) is 30.4 Å². The lowest BCUT2D eigenvalue weighted by Crippen LogP contribution is -2.28. The maximum Gasteiger partial charge on any atom is 0.307 e. The fourth-order valence-corrected chi connectivity index (χ4v) is 3.32. The van der Waals surface area contributed by atoms with Crippen LogP contribution < -0.4 is 10.2 Å². The molecule has 1 unspecified atom stereocenters. The van der Waals surface area contributed by atoms with Gasteiger partial charge in [-0.1, -0.05) is 56.4 Å². The number of carbonyl (C=O) groups excluding carboxylic acids is 1. The maximum absolute atomic E-state index is 12.1. The topological polar surface area (TPSA) is 51.1 Å². The molecule has 5 heteroatoms. The quantitative estimate of drug-likeness (QED) is 0.895. The van der Waals surface area contributed by atoms with E-state index in [1.54, 1.807) is 4.57 Å². The Morgan fingerprint density at radius 2 is 1.88 bits per heavy atom. The molecule has 2 aromatic rings. The Hall–Kier alpha value is -1.88. The predicted molar refractivity (Wildman–Crippen MR) is 99.6 cm³/mol. The molecule has 0 aliphatic rings. The van der Waals surface area contributed by atoms with Crippen LogP contribution in [0.1, 0.15) is 57.0 Å². The van der Waals surface area contributed by atoms with Crippen LogP contribution in [0.3, 0.4) is 0 Å². The van der Waals surface area contributed by atoms with Gasteiger partial charge in [0.15, 0.2) is 0 Å². The fraction of sp³-hybridized carbons (Fsp3) is 0.474. The first-order valence-corrected chi connectivity index (χ1v) is 9.11. The summed E-state index contributed by atoms with van der Waals surface area (Å²) < 4.78 is 1.65. The molecule has 1 aromatic carbocycles. The van der Waals surface area contributed by atoms with E-state index in [1.165, 1.54) is 16.9 Å². The van der Waals surface area contributed by atoms with Crippen molar-refractivity contribution in [3.05, 3.63) is 56.1 Å². The van der Waals surface area contributed by atoms with Crippen molar-refractivity contribution in [1.29, 1.82) is 0 Å². The Balaban J connectivity index is 1.93. The number of nitrogens with zero attached hydrogens (tertiary/aromatic N) is 1. The normalized spacial score (nSPS) is 12.9. The smallest absolute Gasteiger partial charge is 0.307 e. The van der Waals surface area contributed by atoms with Crippen LogP contribution in [0.2, 0.25) is 0 Å². The molecule has 1 aromatic heterocycles. The summed E-state index contributed by atoms with van der Waals surface area (Å²) in [6.07, 6.45) is 0.307. The lowest BCUT2D eigenvalue weighted by molar-refractivity contribution is -0.121. The Morgan fingerprint density at radius 3 is 2.38 bits per heavy atom. The van der Waals surface area contributed by atoms with Crippen molar-refractivity contribution < 1.29 is 4.79 Å². The number of nitrogens with one attached hydrogen (secondary N) is 1. The van der Waals surface area contributed by atoms with Gasteiger partial charge in [0.25, 0.3) is 0 Å². The van der Waals surface area contributed by atoms with Crippen LogP contribution >= 0.6 is 11.3 Å². The first-order valence-electron chi connectivity index (χ1n) is 8.23. The van der Waals surface area contributed by atoms with Crippen molar-refractivity contribution in [3.8, 4) is 0 Å².